The van der Waals surface area contributed by atoms with Gasteiger partial charge in [-0.1, -0.05) is 32.4 Å². The monoisotopic (exact) mass is 286 g/mol. The molecular formula is C12H18N2O4S. The number of sulfonamides is 1. The fourth-order valence-corrected chi connectivity index (χ4v) is 3.39. The van der Waals surface area contributed by atoms with E-state index in [0.717, 1.165) is 12.8 Å². The van der Waals surface area contributed by atoms with Gasteiger partial charge in [-0.15, -0.1) is 0 Å². The summed E-state index contributed by atoms with van der Waals surface area (Å²) in [6, 6.07) is 5.44. The molecule has 0 amide bonds. The second-order valence-corrected chi connectivity index (χ2v) is 5.98. The van der Waals surface area contributed by atoms with Gasteiger partial charge in [-0.3, -0.25) is 10.1 Å². The standard InChI is InChI=1S/C12H18N2O4S/c1-3-5-10-13(4-2)19(17,18)12-9-7-6-8-11(12)14(15)16/h6-9H,3-5,10H2,1-2H3. The first-order chi connectivity index (χ1) is 8.95. The van der Waals surface area contributed by atoms with Crippen molar-refractivity contribution in [2.75, 3.05) is 13.1 Å². The van der Waals surface area contributed by atoms with Gasteiger partial charge < -0.3 is 0 Å². The van der Waals surface area contributed by atoms with E-state index >= 15 is 0 Å². The molecule has 0 atom stereocenters. The van der Waals surface area contributed by atoms with Crippen LogP contribution in [0.1, 0.15) is 26.7 Å². The van der Waals surface area contributed by atoms with E-state index < -0.39 is 14.9 Å². The highest BCUT2D eigenvalue weighted by atomic mass is 32.2. The Labute approximate surface area is 113 Å². The molecule has 7 heteroatoms. The average molecular weight is 286 g/mol. The zero-order valence-corrected chi connectivity index (χ0v) is 11.9. The predicted octanol–water partition coefficient (Wildman–Crippen LogP) is 2.41. The fraction of sp³-hybridized carbons (Fsp3) is 0.500. The highest BCUT2D eigenvalue weighted by molar-refractivity contribution is 7.89. The lowest BCUT2D eigenvalue weighted by molar-refractivity contribution is -0.387. The van der Waals surface area contributed by atoms with Crippen LogP contribution in [0.15, 0.2) is 29.2 Å². The van der Waals surface area contributed by atoms with Gasteiger partial charge in [0, 0.05) is 19.2 Å². The lowest BCUT2D eigenvalue weighted by Crippen LogP contribution is -2.32. The Bertz CT molecular complexity index is 542. The number of unbranched alkanes of at least 4 members (excludes halogenated alkanes) is 1. The van der Waals surface area contributed by atoms with E-state index in [4.69, 9.17) is 0 Å². The minimum absolute atomic E-state index is 0.238. The molecule has 0 bridgehead atoms. The number of nitro benzene ring substituents is 1. The Morgan fingerprint density at radius 1 is 1.26 bits per heavy atom. The van der Waals surface area contributed by atoms with Crippen LogP contribution in [0.5, 0.6) is 0 Å². The van der Waals surface area contributed by atoms with E-state index in [1.165, 1.54) is 28.6 Å². The summed E-state index contributed by atoms with van der Waals surface area (Å²) in [6.07, 6.45) is 1.59. The summed E-state index contributed by atoms with van der Waals surface area (Å²) in [5.41, 5.74) is -0.377. The van der Waals surface area contributed by atoms with E-state index in [9.17, 15) is 18.5 Å². The van der Waals surface area contributed by atoms with Crippen molar-refractivity contribution in [3.8, 4) is 0 Å². The van der Waals surface area contributed by atoms with Crippen molar-refractivity contribution in [3.63, 3.8) is 0 Å². The summed E-state index contributed by atoms with van der Waals surface area (Å²) < 4.78 is 26.1. The molecule has 1 rings (SSSR count). The maximum absolute atomic E-state index is 12.4. The number of nitro groups is 1. The van der Waals surface area contributed by atoms with Gasteiger partial charge >= 0.3 is 0 Å². The molecule has 0 radical (unpaired) electrons. The maximum Gasteiger partial charge on any atom is 0.289 e. The Kier molecular flexibility index (Phi) is 5.44. The van der Waals surface area contributed by atoms with Crippen molar-refractivity contribution >= 4 is 15.7 Å². The summed E-state index contributed by atoms with van der Waals surface area (Å²) >= 11 is 0. The van der Waals surface area contributed by atoms with Gasteiger partial charge in [0.2, 0.25) is 10.0 Å². The summed E-state index contributed by atoms with van der Waals surface area (Å²) in [4.78, 5) is 10.0. The molecule has 0 fully saturated rings. The maximum atomic E-state index is 12.4. The third kappa shape index (κ3) is 3.51. The van der Waals surface area contributed by atoms with Crippen LogP contribution in [0.4, 0.5) is 5.69 Å². The first-order valence-corrected chi connectivity index (χ1v) is 7.62. The van der Waals surface area contributed by atoms with E-state index in [1.807, 2.05) is 6.92 Å². The zero-order chi connectivity index (χ0) is 14.5. The Morgan fingerprint density at radius 2 is 1.89 bits per heavy atom. The first-order valence-electron chi connectivity index (χ1n) is 6.18. The lowest BCUT2D eigenvalue weighted by atomic mass is 10.3. The highest BCUT2D eigenvalue weighted by Gasteiger charge is 2.29. The summed E-state index contributed by atoms with van der Waals surface area (Å²) in [6.45, 7) is 4.36. The molecule has 0 aliphatic carbocycles. The Hall–Kier alpha value is -1.47. The first kappa shape index (κ1) is 15.6. The van der Waals surface area contributed by atoms with Crippen LogP contribution in [0, 0.1) is 10.1 Å². The lowest BCUT2D eigenvalue weighted by Gasteiger charge is -2.19. The molecule has 1 aromatic carbocycles. The van der Waals surface area contributed by atoms with Gasteiger partial charge in [-0.25, -0.2) is 8.42 Å². The molecule has 0 saturated heterocycles. The quantitative estimate of drug-likeness (QED) is 0.569. The minimum Gasteiger partial charge on any atom is -0.258 e. The number of benzene rings is 1. The zero-order valence-electron chi connectivity index (χ0n) is 11.1. The number of rotatable bonds is 7. The Balaban J connectivity index is 3.22. The van der Waals surface area contributed by atoms with Gasteiger partial charge in [-0.2, -0.15) is 4.31 Å². The van der Waals surface area contributed by atoms with Crippen molar-refractivity contribution < 1.29 is 13.3 Å². The molecule has 0 saturated carbocycles. The molecule has 6 nitrogen and oxygen atoms in total. The van der Waals surface area contributed by atoms with E-state index in [2.05, 4.69) is 0 Å². The highest BCUT2D eigenvalue weighted by Crippen LogP contribution is 2.26. The van der Waals surface area contributed by atoms with Crippen LogP contribution in [-0.4, -0.2) is 30.7 Å². The van der Waals surface area contributed by atoms with Gasteiger partial charge in [0.05, 0.1) is 4.92 Å². The molecule has 0 aliphatic heterocycles. The van der Waals surface area contributed by atoms with Gasteiger partial charge in [-0.05, 0) is 12.5 Å². The molecule has 1 aromatic rings. The molecule has 0 unspecified atom stereocenters. The van der Waals surface area contributed by atoms with Crippen LogP contribution in [0.2, 0.25) is 0 Å². The smallest absolute Gasteiger partial charge is 0.258 e. The van der Waals surface area contributed by atoms with Crippen LogP contribution >= 0.6 is 0 Å². The Morgan fingerprint density at radius 3 is 2.42 bits per heavy atom. The largest absolute Gasteiger partial charge is 0.289 e. The molecule has 0 N–H and O–H groups in total. The van der Waals surface area contributed by atoms with Crippen molar-refractivity contribution in [1.82, 2.24) is 4.31 Å². The van der Waals surface area contributed by atoms with Crippen LogP contribution < -0.4 is 0 Å². The SMILES string of the molecule is CCCCN(CC)S(=O)(=O)c1ccccc1[N+](=O)[O-]. The summed E-state index contributed by atoms with van der Waals surface area (Å²) in [5, 5.41) is 10.9. The second-order valence-electron chi connectivity index (χ2n) is 4.08. The molecule has 106 valence electrons. The molecule has 19 heavy (non-hydrogen) atoms. The topological polar surface area (TPSA) is 80.5 Å². The number of para-hydroxylation sites is 1. The number of nitrogens with zero attached hydrogens (tertiary/aromatic N) is 2. The minimum atomic E-state index is -3.81. The fourth-order valence-electron chi connectivity index (χ4n) is 1.75. The molecule has 0 aromatic heterocycles. The third-order valence-corrected chi connectivity index (χ3v) is 4.82. The third-order valence-electron chi connectivity index (χ3n) is 2.79. The van der Waals surface area contributed by atoms with E-state index in [1.54, 1.807) is 6.92 Å². The predicted molar refractivity (Wildman–Crippen MR) is 72.4 cm³/mol. The van der Waals surface area contributed by atoms with Crippen LogP contribution in [0.3, 0.4) is 0 Å². The second kappa shape index (κ2) is 6.63. The normalized spacial score (nSPS) is 11.7. The van der Waals surface area contributed by atoms with E-state index in [0.29, 0.717) is 13.1 Å². The van der Waals surface area contributed by atoms with Gasteiger partial charge in [0.1, 0.15) is 0 Å². The van der Waals surface area contributed by atoms with Crippen LogP contribution in [0.25, 0.3) is 0 Å². The molecular weight excluding hydrogens is 268 g/mol. The summed E-state index contributed by atoms with van der Waals surface area (Å²) in [7, 11) is -3.81. The van der Waals surface area contributed by atoms with Crippen LogP contribution in [-0.2, 0) is 10.0 Å². The van der Waals surface area contributed by atoms with Crippen molar-refractivity contribution in [2.24, 2.45) is 0 Å². The van der Waals surface area contributed by atoms with Crippen molar-refractivity contribution in [3.05, 3.63) is 34.4 Å². The van der Waals surface area contributed by atoms with E-state index in [-0.39, 0.29) is 10.6 Å². The van der Waals surface area contributed by atoms with Crippen molar-refractivity contribution in [1.29, 1.82) is 0 Å². The summed E-state index contributed by atoms with van der Waals surface area (Å²) in [5.74, 6) is 0. The average Bonchev–Trinajstić information content (AvgIpc) is 2.39. The number of hydrogen-bond acceptors (Lipinski definition) is 4. The van der Waals surface area contributed by atoms with Gasteiger partial charge in [0.15, 0.2) is 4.90 Å². The van der Waals surface area contributed by atoms with Gasteiger partial charge in [0.25, 0.3) is 5.69 Å². The molecule has 0 heterocycles. The molecule has 0 spiro atoms. The number of hydrogen-bond donors (Lipinski definition) is 0. The van der Waals surface area contributed by atoms with Crippen molar-refractivity contribution in [2.45, 2.75) is 31.6 Å². The molecule has 0 aliphatic rings.